The van der Waals surface area contributed by atoms with E-state index in [9.17, 15) is 9.59 Å². The lowest BCUT2D eigenvalue weighted by atomic mass is 10.1. The van der Waals surface area contributed by atoms with E-state index in [1.165, 1.54) is 12.8 Å². The minimum atomic E-state index is -0.572. The smallest absolute Gasteiger partial charge is 0.251 e. The highest BCUT2D eigenvalue weighted by atomic mass is 16.5. The molecule has 4 N–H and O–H groups in total. The molecule has 1 aromatic rings. The lowest BCUT2D eigenvalue weighted by molar-refractivity contribution is -0.117. The molecular formula is C19H29N5O3. The van der Waals surface area contributed by atoms with Crippen LogP contribution in [0.15, 0.2) is 29.3 Å². The molecule has 8 nitrogen and oxygen atoms in total. The van der Waals surface area contributed by atoms with Crippen molar-refractivity contribution in [2.75, 3.05) is 40.4 Å². The number of likely N-dealkylation sites (N-methyl/N-ethyl adjacent to an activating group) is 1. The van der Waals surface area contributed by atoms with Crippen LogP contribution in [-0.4, -0.2) is 63.1 Å². The minimum absolute atomic E-state index is 0.171. The number of hydrogen-bond acceptors (Lipinski definition) is 4. The van der Waals surface area contributed by atoms with E-state index in [1.807, 2.05) is 24.1 Å². The van der Waals surface area contributed by atoms with E-state index >= 15 is 0 Å². The summed E-state index contributed by atoms with van der Waals surface area (Å²) >= 11 is 0. The van der Waals surface area contributed by atoms with Crippen LogP contribution in [0.25, 0.3) is 0 Å². The molecule has 1 aliphatic rings. The zero-order valence-electron chi connectivity index (χ0n) is 16.0. The van der Waals surface area contributed by atoms with Crippen molar-refractivity contribution in [3.05, 3.63) is 35.4 Å². The second-order valence-corrected chi connectivity index (χ2v) is 6.69. The van der Waals surface area contributed by atoms with Crippen LogP contribution in [0.5, 0.6) is 0 Å². The Morgan fingerprint density at radius 1 is 1.26 bits per heavy atom. The van der Waals surface area contributed by atoms with Crippen LogP contribution in [0.3, 0.4) is 0 Å². The van der Waals surface area contributed by atoms with E-state index in [4.69, 9.17) is 10.5 Å². The van der Waals surface area contributed by atoms with Gasteiger partial charge in [-0.2, -0.15) is 0 Å². The third-order valence-electron chi connectivity index (χ3n) is 4.28. The predicted molar refractivity (Wildman–Crippen MR) is 104 cm³/mol. The Morgan fingerprint density at radius 3 is 2.56 bits per heavy atom. The number of nitrogens with two attached hydrogens (primary N) is 1. The summed E-state index contributed by atoms with van der Waals surface area (Å²) in [5.74, 6) is 0.662. The zero-order chi connectivity index (χ0) is 19.6. The first-order valence-electron chi connectivity index (χ1n) is 9.14. The van der Waals surface area contributed by atoms with E-state index in [2.05, 4.69) is 15.6 Å². The highest BCUT2D eigenvalue weighted by Gasteiger charge is 2.21. The van der Waals surface area contributed by atoms with Gasteiger partial charge in [0.05, 0.1) is 13.2 Å². The lowest BCUT2D eigenvalue weighted by Gasteiger charge is -2.22. The number of aliphatic imine (C=N–C) groups is 1. The van der Waals surface area contributed by atoms with Crippen molar-refractivity contribution < 1.29 is 14.3 Å². The largest absolute Gasteiger partial charge is 0.379 e. The number of nitrogens with one attached hydrogen (secondary N) is 2. The monoisotopic (exact) mass is 375 g/mol. The molecule has 0 aromatic heterocycles. The number of carbonyl (C=O) groups is 2. The van der Waals surface area contributed by atoms with Gasteiger partial charge in [0.1, 0.15) is 0 Å². The van der Waals surface area contributed by atoms with Gasteiger partial charge in [-0.3, -0.25) is 14.6 Å². The summed E-state index contributed by atoms with van der Waals surface area (Å²) in [5.41, 5.74) is 6.51. The van der Waals surface area contributed by atoms with Crippen molar-refractivity contribution in [3.63, 3.8) is 0 Å². The maximum atomic E-state index is 11.9. The highest BCUT2D eigenvalue weighted by Crippen LogP contribution is 2.28. The highest BCUT2D eigenvalue weighted by molar-refractivity contribution is 5.96. The molecule has 27 heavy (non-hydrogen) atoms. The molecule has 0 radical (unpaired) electrons. The Bertz CT molecular complexity index is 656. The van der Waals surface area contributed by atoms with Gasteiger partial charge in [-0.1, -0.05) is 12.1 Å². The lowest BCUT2D eigenvalue weighted by Crippen LogP contribution is -2.40. The van der Waals surface area contributed by atoms with Crippen molar-refractivity contribution in [3.8, 4) is 0 Å². The van der Waals surface area contributed by atoms with Crippen LogP contribution in [0.4, 0.5) is 0 Å². The van der Waals surface area contributed by atoms with Crippen LogP contribution in [0, 0.1) is 5.92 Å². The quantitative estimate of drug-likeness (QED) is 0.310. The molecule has 0 unspecified atom stereocenters. The molecule has 2 amide bonds. The number of rotatable bonds is 10. The SMILES string of the molecule is CN=C(NCc1ccc(C(=O)NCC(N)=O)cc1)N(C)CCOCC1CC1. The van der Waals surface area contributed by atoms with Crippen molar-refractivity contribution >= 4 is 17.8 Å². The van der Waals surface area contributed by atoms with Crippen molar-refractivity contribution in [1.29, 1.82) is 0 Å². The molecule has 2 rings (SSSR count). The topological polar surface area (TPSA) is 109 Å². The molecule has 0 saturated heterocycles. The number of guanidine groups is 1. The molecule has 0 aliphatic heterocycles. The van der Waals surface area contributed by atoms with Gasteiger partial charge in [0.25, 0.3) is 5.91 Å². The fourth-order valence-corrected chi connectivity index (χ4v) is 2.45. The number of amides is 2. The third-order valence-corrected chi connectivity index (χ3v) is 4.28. The first kappa shape index (κ1) is 20.7. The van der Waals surface area contributed by atoms with Crippen LogP contribution in [0.1, 0.15) is 28.8 Å². The number of ether oxygens (including phenoxy) is 1. The Labute approximate surface area is 160 Å². The normalized spacial score (nSPS) is 13.9. The first-order chi connectivity index (χ1) is 13.0. The minimum Gasteiger partial charge on any atom is -0.379 e. The van der Waals surface area contributed by atoms with Crippen LogP contribution in [-0.2, 0) is 16.1 Å². The zero-order valence-corrected chi connectivity index (χ0v) is 16.0. The molecule has 0 heterocycles. The van der Waals surface area contributed by atoms with Gasteiger partial charge in [0.2, 0.25) is 5.91 Å². The Hall–Kier alpha value is -2.61. The van der Waals surface area contributed by atoms with Gasteiger partial charge in [-0.25, -0.2) is 0 Å². The van der Waals surface area contributed by atoms with E-state index in [-0.39, 0.29) is 12.5 Å². The number of carbonyl (C=O) groups excluding carboxylic acids is 2. The van der Waals surface area contributed by atoms with Gasteiger partial charge in [-0.05, 0) is 36.5 Å². The van der Waals surface area contributed by atoms with E-state index in [0.717, 1.165) is 30.6 Å². The van der Waals surface area contributed by atoms with Crippen molar-refractivity contribution in [1.82, 2.24) is 15.5 Å². The summed E-state index contributed by atoms with van der Waals surface area (Å²) in [6, 6.07) is 7.15. The maximum Gasteiger partial charge on any atom is 0.251 e. The molecule has 1 aromatic carbocycles. The molecular weight excluding hydrogens is 346 g/mol. The molecule has 0 atom stereocenters. The predicted octanol–water partition coefficient (Wildman–Crippen LogP) is 0.336. The summed E-state index contributed by atoms with van der Waals surface area (Å²) < 4.78 is 5.66. The molecule has 148 valence electrons. The molecule has 1 fully saturated rings. The number of nitrogens with zero attached hydrogens (tertiary/aromatic N) is 2. The van der Waals surface area contributed by atoms with Crippen LogP contribution < -0.4 is 16.4 Å². The summed E-state index contributed by atoms with van der Waals surface area (Å²) in [6.45, 7) is 2.73. The Kier molecular flexibility index (Phi) is 8.06. The van der Waals surface area contributed by atoms with Gasteiger partial charge >= 0.3 is 0 Å². The van der Waals surface area contributed by atoms with Gasteiger partial charge in [0.15, 0.2) is 5.96 Å². The second-order valence-electron chi connectivity index (χ2n) is 6.69. The summed E-state index contributed by atoms with van der Waals surface area (Å²) in [7, 11) is 3.72. The molecule has 0 bridgehead atoms. The van der Waals surface area contributed by atoms with Crippen molar-refractivity contribution in [2.45, 2.75) is 19.4 Å². The third kappa shape index (κ3) is 7.65. The maximum absolute atomic E-state index is 11.9. The van der Waals surface area contributed by atoms with Crippen LogP contribution in [0.2, 0.25) is 0 Å². The molecule has 8 heteroatoms. The fourth-order valence-electron chi connectivity index (χ4n) is 2.45. The summed E-state index contributed by atoms with van der Waals surface area (Å²) in [6.07, 6.45) is 2.59. The summed E-state index contributed by atoms with van der Waals surface area (Å²) in [5, 5.41) is 5.76. The fraction of sp³-hybridized carbons (Fsp3) is 0.526. The number of primary amides is 1. The van der Waals surface area contributed by atoms with Gasteiger partial charge < -0.3 is 26.0 Å². The van der Waals surface area contributed by atoms with Crippen molar-refractivity contribution in [2.24, 2.45) is 16.6 Å². The average molecular weight is 375 g/mol. The van der Waals surface area contributed by atoms with E-state index in [0.29, 0.717) is 18.7 Å². The molecule has 1 aliphatic carbocycles. The average Bonchev–Trinajstić information content (AvgIpc) is 3.48. The van der Waals surface area contributed by atoms with Crippen LogP contribution >= 0.6 is 0 Å². The first-order valence-corrected chi connectivity index (χ1v) is 9.14. The van der Waals surface area contributed by atoms with E-state index in [1.54, 1.807) is 19.2 Å². The Morgan fingerprint density at radius 2 is 1.96 bits per heavy atom. The standard InChI is InChI=1S/C19H29N5O3/c1-21-19(24(2)9-10-27-13-15-3-4-15)23-11-14-5-7-16(8-6-14)18(26)22-12-17(20)25/h5-8,15H,3-4,9-13H2,1-2H3,(H2,20,25)(H,21,23)(H,22,26). The van der Waals surface area contributed by atoms with Gasteiger partial charge in [0, 0.05) is 39.4 Å². The number of benzene rings is 1. The number of hydrogen-bond donors (Lipinski definition) is 3. The van der Waals surface area contributed by atoms with E-state index < -0.39 is 5.91 Å². The molecule has 0 spiro atoms. The summed E-state index contributed by atoms with van der Waals surface area (Å²) in [4.78, 5) is 28.9. The second kappa shape index (κ2) is 10.5. The van der Waals surface area contributed by atoms with Gasteiger partial charge in [-0.15, -0.1) is 0 Å². The molecule has 1 saturated carbocycles. The Balaban J connectivity index is 1.74.